The summed E-state index contributed by atoms with van der Waals surface area (Å²) in [5, 5.41) is 2.63. The van der Waals surface area contributed by atoms with Crippen LogP contribution in [0, 0.1) is 23.7 Å². The lowest BCUT2D eigenvalue weighted by Gasteiger charge is -2.45. The minimum atomic E-state index is -1.18. The summed E-state index contributed by atoms with van der Waals surface area (Å²) in [6.45, 7) is 7.08. The van der Waals surface area contributed by atoms with Gasteiger partial charge in [-0.2, -0.15) is 0 Å². The van der Waals surface area contributed by atoms with Crippen molar-refractivity contribution in [3.63, 3.8) is 0 Å². The van der Waals surface area contributed by atoms with E-state index in [1.165, 1.54) is 12.1 Å². The van der Waals surface area contributed by atoms with Crippen molar-refractivity contribution >= 4 is 35.3 Å². The van der Waals surface area contributed by atoms with Crippen LogP contribution in [0.1, 0.15) is 72.1 Å². The zero-order valence-corrected chi connectivity index (χ0v) is 25.7. The molecule has 3 atom stereocenters. The van der Waals surface area contributed by atoms with Gasteiger partial charge in [0.25, 0.3) is 5.91 Å². The number of nitrogens with zero attached hydrogens (tertiary/aromatic N) is 1. The minimum absolute atomic E-state index is 0.209. The molecule has 3 aromatic rings. The zero-order valence-electron chi connectivity index (χ0n) is 25.7. The highest BCUT2D eigenvalue weighted by atomic mass is 16.5. The number of carbonyl (C=O) groups is 5. The summed E-state index contributed by atoms with van der Waals surface area (Å²) in [6.07, 6.45) is 0. The van der Waals surface area contributed by atoms with Gasteiger partial charge in [0.2, 0.25) is 11.8 Å². The number of ether oxygens (including phenoxy) is 2. The quantitative estimate of drug-likeness (QED) is 0.271. The van der Waals surface area contributed by atoms with Crippen molar-refractivity contribution in [3.8, 4) is 0 Å². The van der Waals surface area contributed by atoms with Gasteiger partial charge in [-0.3, -0.25) is 19.3 Å². The fraction of sp³-hybridized carbons (Fsp3) is 0.361. The molecule has 3 aliphatic carbocycles. The summed E-state index contributed by atoms with van der Waals surface area (Å²) in [4.78, 5) is 67.7. The van der Waals surface area contributed by atoms with E-state index in [0.717, 1.165) is 27.2 Å². The molecule has 1 N–H and O–H groups in total. The highest BCUT2D eigenvalue weighted by Gasteiger charge is 2.63. The van der Waals surface area contributed by atoms with Gasteiger partial charge in [-0.25, -0.2) is 9.59 Å². The number of rotatable bonds is 9. The van der Waals surface area contributed by atoms with Crippen molar-refractivity contribution in [2.75, 3.05) is 18.5 Å². The minimum Gasteiger partial charge on any atom is -0.462 e. The SMILES string of the molecule is CC(C)COC(=O)c1ccc(NC(=O)COC(=O)[C@H](C(C)C)N2C(=O)[C@@H]3C4c5ccccc5C(c5ccccc54)[C@@H]3C2=O)cc1. The second-order valence-corrected chi connectivity index (χ2v) is 12.7. The summed E-state index contributed by atoms with van der Waals surface area (Å²) < 4.78 is 10.6. The number of imide groups is 1. The molecule has 1 saturated heterocycles. The van der Waals surface area contributed by atoms with Crippen molar-refractivity contribution in [2.24, 2.45) is 23.7 Å². The third kappa shape index (κ3) is 5.30. The van der Waals surface area contributed by atoms with Crippen molar-refractivity contribution in [1.29, 1.82) is 0 Å². The van der Waals surface area contributed by atoms with Crippen LogP contribution < -0.4 is 5.32 Å². The number of likely N-dealkylation sites (tertiary alicyclic amines) is 1. The maximum Gasteiger partial charge on any atom is 0.338 e. The Labute approximate surface area is 261 Å². The Bertz CT molecular complexity index is 1560. The summed E-state index contributed by atoms with van der Waals surface area (Å²) >= 11 is 0. The predicted octanol–water partition coefficient (Wildman–Crippen LogP) is 4.90. The van der Waals surface area contributed by atoms with Crippen LogP contribution in [-0.4, -0.2) is 53.8 Å². The molecule has 1 heterocycles. The number of nitrogens with one attached hydrogen (secondary N) is 1. The molecule has 4 aliphatic rings. The molecule has 0 spiro atoms. The summed E-state index contributed by atoms with van der Waals surface area (Å²) in [6, 6.07) is 20.9. The van der Waals surface area contributed by atoms with E-state index in [4.69, 9.17) is 9.47 Å². The number of hydrogen-bond acceptors (Lipinski definition) is 7. The first-order valence-corrected chi connectivity index (χ1v) is 15.4. The lowest BCUT2D eigenvalue weighted by molar-refractivity contribution is -0.162. The van der Waals surface area contributed by atoms with Gasteiger partial charge in [-0.15, -0.1) is 0 Å². The molecule has 3 aromatic carbocycles. The number of anilines is 1. The number of benzene rings is 3. The van der Waals surface area contributed by atoms with Crippen LogP contribution in [0.25, 0.3) is 0 Å². The summed E-state index contributed by atoms with van der Waals surface area (Å²) in [5.41, 5.74) is 4.94. The Morgan fingerprint density at radius 3 is 1.67 bits per heavy atom. The molecule has 0 radical (unpaired) electrons. The first kappa shape index (κ1) is 30.2. The van der Waals surface area contributed by atoms with Crippen molar-refractivity contribution in [3.05, 3.63) is 101 Å². The van der Waals surface area contributed by atoms with Crippen molar-refractivity contribution < 1.29 is 33.4 Å². The molecule has 0 saturated carbocycles. The molecule has 7 rings (SSSR count). The van der Waals surface area contributed by atoms with E-state index < -0.39 is 48.2 Å². The molecule has 1 aliphatic heterocycles. The standard InChI is InChI=1S/C36H36N2O7/c1-19(2)17-44-35(42)21-13-15-22(16-14-21)37-27(39)18-45-36(43)32(20(3)4)38-33(40)30-28-23-9-5-6-10-24(23)29(31(30)34(38)41)26-12-8-7-11-25(26)28/h5-16,19-20,28-32H,17-18H2,1-4H3,(H,37,39)/t28?,29?,30-,31+,32-/m0/s1. The highest BCUT2D eigenvalue weighted by molar-refractivity contribution is 6.10. The Balaban J connectivity index is 1.15. The normalized spacial score (nSPS) is 21.7. The van der Waals surface area contributed by atoms with E-state index in [-0.39, 0.29) is 29.6 Å². The van der Waals surface area contributed by atoms with E-state index in [9.17, 15) is 24.0 Å². The fourth-order valence-corrected chi connectivity index (χ4v) is 7.08. The van der Waals surface area contributed by atoms with Crippen LogP contribution in [0.4, 0.5) is 5.69 Å². The van der Waals surface area contributed by atoms with E-state index >= 15 is 0 Å². The Kier molecular flexibility index (Phi) is 8.03. The van der Waals surface area contributed by atoms with Gasteiger partial charge < -0.3 is 14.8 Å². The number of carbonyl (C=O) groups excluding carboxylic acids is 5. The molecule has 9 nitrogen and oxygen atoms in total. The van der Waals surface area contributed by atoms with Crippen LogP contribution in [0.3, 0.4) is 0 Å². The van der Waals surface area contributed by atoms with Gasteiger partial charge in [0, 0.05) is 17.5 Å². The number of hydrogen-bond donors (Lipinski definition) is 1. The van der Waals surface area contributed by atoms with Gasteiger partial charge in [0.1, 0.15) is 6.04 Å². The predicted molar refractivity (Wildman–Crippen MR) is 165 cm³/mol. The lowest BCUT2D eigenvalue weighted by Crippen LogP contribution is -2.49. The molecule has 0 aromatic heterocycles. The third-order valence-corrected chi connectivity index (χ3v) is 8.93. The maximum atomic E-state index is 14.1. The maximum absolute atomic E-state index is 14.1. The number of amides is 3. The van der Waals surface area contributed by atoms with E-state index in [1.54, 1.807) is 26.0 Å². The molecule has 2 bridgehead atoms. The smallest absolute Gasteiger partial charge is 0.338 e. The Morgan fingerprint density at radius 1 is 0.733 bits per heavy atom. The van der Waals surface area contributed by atoms with Crippen LogP contribution in [0.15, 0.2) is 72.8 Å². The average Bonchev–Trinajstić information content (AvgIpc) is 3.29. The van der Waals surface area contributed by atoms with Crippen LogP contribution in [0.2, 0.25) is 0 Å². The van der Waals surface area contributed by atoms with E-state index in [0.29, 0.717) is 17.9 Å². The molecule has 9 heteroatoms. The Morgan fingerprint density at radius 2 is 1.22 bits per heavy atom. The van der Waals surface area contributed by atoms with E-state index in [2.05, 4.69) is 5.32 Å². The summed E-state index contributed by atoms with van der Waals surface area (Å²) in [7, 11) is 0. The first-order valence-electron chi connectivity index (χ1n) is 15.4. The fourth-order valence-electron chi connectivity index (χ4n) is 7.08. The third-order valence-electron chi connectivity index (χ3n) is 8.93. The van der Waals surface area contributed by atoms with Crippen molar-refractivity contribution in [2.45, 2.75) is 45.6 Å². The molecule has 45 heavy (non-hydrogen) atoms. The molecular weight excluding hydrogens is 572 g/mol. The monoisotopic (exact) mass is 608 g/mol. The second kappa shape index (κ2) is 12.0. The molecular formula is C36H36N2O7. The van der Waals surface area contributed by atoms with Crippen LogP contribution >= 0.6 is 0 Å². The lowest BCUT2D eigenvalue weighted by atomic mass is 9.55. The molecule has 0 unspecified atom stereocenters. The van der Waals surface area contributed by atoms with E-state index in [1.807, 2.05) is 62.4 Å². The van der Waals surface area contributed by atoms with Gasteiger partial charge in [-0.1, -0.05) is 76.2 Å². The van der Waals surface area contributed by atoms with Gasteiger partial charge in [0.15, 0.2) is 6.61 Å². The van der Waals surface area contributed by atoms with Gasteiger partial charge >= 0.3 is 11.9 Å². The number of esters is 2. The van der Waals surface area contributed by atoms with Gasteiger partial charge in [-0.05, 0) is 58.4 Å². The average molecular weight is 609 g/mol. The van der Waals surface area contributed by atoms with Crippen LogP contribution in [0.5, 0.6) is 0 Å². The largest absolute Gasteiger partial charge is 0.462 e. The summed E-state index contributed by atoms with van der Waals surface area (Å²) in [5.74, 6) is -4.66. The second-order valence-electron chi connectivity index (χ2n) is 12.7. The Hall–Kier alpha value is -4.79. The molecule has 1 fully saturated rings. The van der Waals surface area contributed by atoms with Crippen LogP contribution in [-0.2, 0) is 28.7 Å². The molecule has 3 amide bonds. The molecule has 232 valence electrons. The van der Waals surface area contributed by atoms with Gasteiger partial charge in [0.05, 0.1) is 24.0 Å². The zero-order chi connectivity index (χ0) is 32.0. The van der Waals surface area contributed by atoms with Crippen molar-refractivity contribution in [1.82, 2.24) is 4.90 Å². The first-order chi connectivity index (χ1) is 21.6. The topological polar surface area (TPSA) is 119 Å². The highest BCUT2D eigenvalue weighted by Crippen LogP contribution is 2.61.